The second-order valence-electron chi connectivity index (χ2n) is 5.93. The summed E-state index contributed by atoms with van der Waals surface area (Å²) in [5.41, 5.74) is 0.0531. The zero-order valence-electron chi connectivity index (χ0n) is 14.5. The molecule has 1 aromatic carbocycles. The molecule has 0 atom stereocenters. The monoisotopic (exact) mass is 390 g/mol. The number of nitro groups is 1. The minimum atomic E-state index is -0.981. The van der Waals surface area contributed by atoms with Crippen LogP contribution in [-0.4, -0.2) is 20.4 Å². The van der Waals surface area contributed by atoms with Crippen LogP contribution in [-0.2, 0) is 11.3 Å². The van der Waals surface area contributed by atoms with E-state index in [1.165, 1.54) is 28.3 Å². The van der Waals surface area contributed by atoms with Gasteiger partial charge in [-0.3, -0.25) is 24.3 Å². The Morgan fingerprint density at radius 1 is 1.41 bits per heavy atom. The van der Waals surface area contributed by atoms with E-state index in [2.05, 4.69) is 10.3 Å². The van der Waals surface area contributed by atoms with Crippen molar-refractivity contribution in [2.45, 2.75) is 26.8 Å². The highest BCUT2D eigenvalue weighted by atomic mass is 32.1. The van der Waals surface area contributed by atoms with Gasteiger partial charge in [0.05, 0.1) is 16.6 Å². The minimum Gasteiger partial charge on any atom is -0.326 e. The first-order chi connectivity index (χ1) is 12.8. The van der Waals surface area contributed by atoms with Crippen LogP contribution >= 0.6 is 11.3 Å². The molecule has 27 heavy (non-hydrogen) atoms. The highest BCUT2D eigenvalue weighted by Gasteiger charge is 2.16. The normalized spacial score (nSPS) is 10.9. The number of thiophene rings is 1. The second-order valence-corrected chi connectivity index (χ2v) is 7.13. The van der Waals surface area contributed by atoms with Crippen molar-refractivity contribution in [3.05, 3.63) is 61.3 Å². The molecule has 2 heterocycles. The number of benzene rings is 1. The van der Waals surface area contributed by atoms with Gasteiger partial charge in [0.1, 0.15) is 4.83 Å². The van der Waals surface area contributed by atoms with E-state index in [-0.39, 0.29) is 24.2 Å². The quantitative estimate of drug-likeness (QED) is 0.532. The Balaban J connectivity index is 1.73. The number of fused-ring (bicyclic) bond motifs is 1. The molecule has 0 aliphatic rings. The Bertz CT molecular complexity index is 1120. The van der Waals surface area contributed by atoms with Crippen LogP contribution in [0.1, 0.15) is 16.9 Å². The lowest BCUT2D eigenvalue weighted by atomic mass is 10.2. The number of carbonyl (C=O) groups excluding carboxylic acids is 1. The largest absolute Gasteiger partial charge is 0.326 e. The maximum atomic E-state index is 13.3. The number of nitro benzene ring substituents is 1. The predicted octanol–water partition coefficient (Wildman–Crippen LogP) is 3.15. The van der Waals surface area contributed by atoms with Crippen LogP contribution in [0.25, 0.3) is 10.2 Å². The van der Waals surface area contributed by atoms with Crippen LogP contribution in [0, 0.1) is 29.8 Å². The summed E-state index contributed by atoms with van der Waals surface area (Å²) in [7, 11) is 0. The van der Waals surface area contributed by atoms with Crippen LogP contribution < -0.4 is 10.9 Å². The van der Waals surface area contributed by atoms with E-state index in [1.807, 2.05) is 13.8 Å². The van der Waals surface area contributed by atoms with E-state index in [0.29, 0.717) is 10.2 Å². The van der Waals surface area contributed by atoms with Gasteiger partial charge in [-0.1, -0.05) is 0 Å². The summed E-state index contributed by atoms with van der Waals surface area (Å²) < 4.78 is 14.7. The molecular weight excluding hydrogens is 375 g/mol. The maximum absolute atomic E-state index is 13.3. The van der Waals surface area contributed by atoms with Crippen molar-refractivity contribution in [3.8, 4) is 0 Å². The number of amides is 1. The average molecular weight is 390 g/mol. The highest BCUT2D eigenvalue weighted by Crippen LogP contribution is 2.25. The Morgan fingerprint density at radius 3 is 2.85 bits per heavy atom. The van der Waals surface area contributed by atoms with Gasteiger partial charge in [0.15, 0.2) is 0 Å². The van der Waals surface area contributed by atoms with Gasteiger partial charge in [-0.25, -0.2) is 4.98 Å². The third-order valence-electron chi connectivity index (χ3n) is 4.16. The number of halogens is 1. The van der Waals surface area contributed by atoms with Gasteiger partial charge in [-0.2, -0.15) is 4.39 Å². The summed E-state index contributed by atoms with van der Waals surface area (Å²) in [6, 6.07) is 3.10. The Kier molecular flexibility index (Phi) is 5.00. The Morgan fingerprint density at radius 2 is 2.15 bits per heavy atom. The summed E-state index contributed by atoms with van der Waals surface area (Å²) in [5.74, 6) is -1.44. The Hall–Kier alpha value is -3.14. The topological polar surface area (TPSA) is 107 Å². The first-order valence-corrected chi connectivity index (χ1v) is 8.78. The SMILES string of the molecule is Cc1sc2ncn(CCC(=O)Nc3ccc(F)c([N+](=O)[O-])c3)c(=O)c2c1C. The lowest BCUT2D eigenvalue weighted by Gasteiger charge is -2.07. The number of rotatable bonds is 5. The van der Waals surface area contributed by atoms with Crippen molar-refractivity contribution in [1.82, 2.24) is 9.55 Å². The van der Waals surface area contributed by atoms with Gasteiger partial charge >= 0.3 is 5.69 Å². The van der Waals surface area contributed by atoms with Crippen LogP contribution in [0.2, 0.25) is 0 Å². The predicted molar refractivity (Wildman–Crippen MR) is 99.7 cm³/mol. The zero-order chi connectivity index (χ0) is 19.7. The molecule has 0 aliphatic carbocycles. The number of nitrogens with zero attached hydrogens (tertiary/aromatic N) is 3. The number of aryl methyl sites for hydroxylation is 3. The molecule has 0 bridgehead atoms. The lowest BCUT2D eigenvalue weighted by molar-refractivity contribution is -0.387. The molecule has 0 saturated heterocycles. The summed E-state index contributed by atoms with van der Waals surface area (Å²) in [5, 5.41) is 13.8. The van der Waals surface area contributed by atoms with E-state index in [9.17, 15) is 24.1 Å². The van der Waals surface area contributed by atoms with E-state index in [4.69, 9.17) is 0 Å². The van der Waals surface area contributed by atoms with Crippen molar-refractivity contribution in [1.29, 1.82) is 0 Å². The maximum Gasteiger partial charge on any atom is 0.306 e. The number of carbonyl (C=O) groups is 1. The van der Waals surface area contributed by atoms with E-state index < -0.39 is 22.3 Å². The van der Waals surface area contributed by atoms with Gasteiger partial charge < -0.3 is 5.32 Å². The first kappa shape index (κ1) is 18.6. The fourth-order valence-corrected chi connectivity index (χ4v) is 3.59. The van der Waals surface area contributed by atoms with Crippen molar-refractivity contribution >= 4 is 38.8 Å². The van der Waals surface area contributed by atoms with Gasteiger partial charge in [0.2, 0.25) is 11.7 Å². The molecule has 0 saturated carbocycles. The zero-order valence-corrected chi connectivity index (χ0v) is 15.3. The number of aromatic nitrogens is 2. The summed E-state index contributed by atoms with van der Waals surface area (Å²) in [6.07, 6.45) is 1.36. The molecule has 2 aromatic heterocycles. The van der Waals surface area contributed by atoms with E-state index in [1.54, 1.807) is 0 Å². The molecule has 1 amide bonds. The average Bonchev–Trinajstić information content (AvgIpc) is 2.91. The summed E-state index contributed by atoms with van der Waals surface area (Å²) >= 11 is 1.44. The number of anilines is 1. The van der Waals surface area contributed by atoms with Crippen LogP contribution in [0.5, 0.6) is 0 Å². The fraction of sp³-hybridized carbons (Fsp3) is 0.235. The molecule has 0 radical (unpaired) electrons. The van der Waals surface area contributed by atoms with Gasteiger partial charge in [0, 0.05) is 29.6 Å². The molecule has 3 aromatic rings. The molecule has 0 fully saturated rings. The highest BCUT2D eigenvalue weighted by molar-refractivity contribution is 7.18. The smallest absolute Gasteiger partial charge is 0.306 e. The molecule has 0 unspecified atom stereocenters. The second kappa shape index (κ2) is 7.23. The number of hydrogen-bond donors (Lipinski definition) is 1. The van der Waals surface area contributed by atoms with Gasteiger partial charge in [0.25, 0.3) is 5.56 Å². The lowest BCUT2D eigenvalue weighted by Crippen LogP contribution is -2.23. The van der Waals surface area contributed by atoms with Gasteiger partial charge in [-0.05, 0) is 31.5 Å². The van der Waals surface area contributed by atoms with Crippen molar-refractivity contribution in [2.24, 2.45) is 0 Å². The van der Waals surface area contributed by atoms with E-state index >= 15 is 0 Å². The molecule has 0 spiro atoms. The molecule has 140 valence electrons. The van der Waals surface area contributed by atoms with Crippen LogP contribution in [0.4, 0.5) is 15.8 Å². The van der Waals surface area contributed by atoms with Crippen molar-refractivity contribution in [3.63, 3.8) is 0 Å². The molecular formula is C17H15FN4O4S. The first-order valence-electron chi connectivity index (χ1n) is 7.97. The molecule has 10 heteroatoms. The Labute approximate surface area is 156 Å². The summed E-state index contributed by atoms with van der Waals surface area (Å²) in [6.45, 7) is 3.88. The van der Waals surface area contributed by atoms with Crippen LogP contribution in [0.3, 0.4) is 0 Å². The third-order valence-corrected chi connectivity index (χ3v) is 5.28. The van der Waals surface area contributed by atoms with Gasteiger partial charge in [-0.15, -0.1) is 11.3 Å². The molecule has 3 rings (SSSR count). The van der Waals surface area contributed by atoms with Crippen molar-refractivity contribution in [2.75, 3.05) is 5.32 Å². The minimum absolute atomic E-state index is 0.0412. The van der Waals surface area contributed by atoms with Crippen molar-refractivity contribution < 1.29 is 14.1 Å². The molecule has 0 aliphatic heterocycles. The fourth-order valence-electron chi connectivity index (χ4n) is 2.61. The molecule has 1 N–H and O–H groups in total. The third kappa shape index (κ3) is 3.70. The number of nitrogens with one attached hydrogen (secondary N) is 1. The number of hydrogen-bond acceptors (Lipinski definition) is 6. The van der Waals surface area contributed by atoms with E-state index in [0.717, 1.165) is 22.6 Å². The summed E-state index contributed by atoms with van der Waals surface area (Å²) in [4.78, 5) is 40.5. The standard InChI is InChI=1S/C17H15FN4O4S/c1-9-10(2)27-16-15(9)17(24)21(8-19-16)6-5-14(23)20-11-3-4-12(18)13(7-11)22(25)26/h3-4,7-8H,5-6H2,1-2H3,(H,20,23). The van der Waals surface area contributed by atoms with Crippen LogP contribution in [0.15, 0.2) is 29.3 Å². The molecule has 8 nitrogen and oxygen atoms in total.